The van der Waals surface area contributed by atoms with E-state index in [-0.39, 0.29) is 5.91 Å². The predicted molar refractivity (Wildman–Crippen MR) is 112 cm³/mol. The SMILES string of the molecule is Cc1cc(C(=O)N(C)Cc2ccc(Cl)cc2Cl)c2nc3n(c2n1)CCCCC3. The molecule has 1 aliphatic heterocycles. The molecule has 28 heavy (non-hydrogen) atoms. The van der Waals surface area contributed by atoms with Crippen LogP contribution in [-0.2, 0) is 19.5 Å². The van der Waals surface area contributed by atoms with Crippen molar-refractivity contribution < 1.29 is 4.79 Å². The molecule has 0 fully saturated rings. The molecule has 0 spiro atoms. The van der Waals surface area contributed by atoms with Gasteiger partial charge in [-0.2, -0.15) is 0 Å². The van der Waals surface area contributed by atoms with Crippen molar-refractivity contribution in [1.82, 2.24) is 19.4 Å². The van der Waals surface area contributed by atoms with Gasteiger partial charge in [-0.1, -0.05) is 35.7 Å². The molecule has 3 aromatic rings. The van der Waals surface area contributed by atoms with Crippen molar-refractivity contribution in [3.63, 3.8) is 0 Å². The van der Waals surface area contributed by atoms with Gasteiger partial charge in [0, 0.05) is 42.3 Å². The van der Waals surface area contributed by atoms with Crippen molar-refractivity contribution in [2.75, 3.05) is 7.05 Å². The van der Waals surface area contributed by atoms with E-state index in [2.05, 4.69) is 4.57 Å². The Morgan fingerprint density at radius 3 is 2.79 bits per heavy atom. The van der Waals surface area contributed by atoms with Crippen LogP contribution in [0.5, 0.6) is 0 Å². The molecule has 3 heterocycles. The van der Waals surface area contributed by atoms with Gasteiger partial charge in [0.2, 0.25) is 0 Å². The smallest absolute Gasteiger partial charge is 0.256 e. The van der Waals surface area contributed by atoms with E-state index in [1.807, 2.05) is 19.1 Å². The number of halogens is 2. The summed E-state index contributed by atoms with van der Waals surface area (Å²) in [6.07, 6.45) is 4.37. The maximum atomic E-state index is 13.3. The second-order valence-corrected chi connectivity index (χ2v) is 8.21. The number of pyridine rings is 1. The number of rotatable bonds is 3. The fourth-order valence-electron chi connectivity index (χ4n) is 3.76. The molecule has 0 atom stereocenters. The van der Waals surface area contributed by atoms with E-state index in [0.717, 1.165) is 48.5 Å². The Labute approximate surface area is 174 Å². The third-order valence-corrected chi connectivity index (χ3v) is 5.78. The Morgan fingerprint density at radius 1 is 1.18 bits per heavy atom. The zero-order valence-electron chi connectivity index (χ0n) is 16.0. The third kappa shape index (κ3) is 3.61. The number of imidazole rings is 1. The molecule has 5 nitrogen and oxygen atoms in total. The van der Waals surface area contributed by atoms with Crippen LogP contribution in [0.4, 0.5) is 0 Å². The minimum Gasteiger partial charge on any atom is -0.337 e. The predicted octanol–water partition coefficient (Wildman–Crippen LogP) is 5.05. The molecule has 146 valence electrons. The lowest BCUT2D eigenvalue weighted by Crippen LogP contribution is -2.26. The average molecular weight is 417 g/mol. The van der Waals surface area contributed by atoms with Crippen LogP contribution in [0.2, 0.25) is 10.0 Å². The Hall–Kier alpha value is -2.11. The summed E-state index contributed by atoms with van der Waals surface area (Å²) in [4.78, 5) is 24.4. The number of carbonyl (C=O) groups is 1. The number of fused-ring (bicyclic) bond motifs is 3. The second-order valence-electron chi connectivity index (χ2n) is 7.37. The molecule has 7 heteroatoms. The molecule has 1 aliphatic rings. The minimum absolute atomic E-state index is 0.0882. The van der Waals surface area contributed by atoms with Gasteiger partial charge in [0.15, 0.2) is 5.65 Å². The van der Waals surface area contributed by atoms with Crippen LogP contribution in [0.1, 0.15) is 46.7 Å². The van der Waals surface area contributed by atoms with Crippen LogP contribution in [0.3, 0.4) is 0 Å². The molecular weight excluding hydrogens is 395 g/mol. The summed E-state index contributed by atoms with van der Waals surface area (Å²) in [5.41, 5.74) is 3.78. The lowest BCUT2D eigenvalue weighted by atomic mass is 10.1. The van der Waals surface area contributed by atoms with Crippen LogP contribution >= 0.6 is 23.2 Å². The van der Waals surface area contributed by atoms with E-state index < -0.39 is 0 Å². The summed E-state index contributed by atoms with van der Waals surface area (Å²) in [6.45, 7) is 3.22. The topological polar surface area (TPSA) is 51.0 Å². The highest BCUT2D eigenvalue weighted by molar-refractivity contribution is 6.35. The normalized spacial score (nSPS) is 14.0. The van der Waals surface area contributed by atoms with Crippen LogP contribution in [0.15, 0.2) is 24.3 Å². The minimum atomic E-state index is -0.0882. The number of benzene rings is 1. The number of aromatic nitrogens is 3. The lowest BCUT2D eigenvalue weighted by Gasteiger charge is -2.18. The summed E-state index contributed by atoms with van der Waals surface area (Å²) in [5.74, 6) is 0.942. The Balaban J connectivity index is 1.70. The molecule has 0 bridgehead atoms. The standard InChI is InChI=1S/C21H22Cl2N4O/c1-13-10-16(19-20(24-13)27-9-5-3-4-6-18(27)25-19)21(28)26(2)12-14-7-8-15(22)11-17(14)23/h7-8,10-11H,3-6,9,12H2,1-2H3. The van der Waals surface area contributed by atoms with Gasteiger partial charge in [-0.25, -0.2) is 9.97 Å². The maximum absolute atomic E-state index is 13.3. The van der Waals surface area contributed by atoms with Gasteiger partial charge in [0.25, 0.3) is 5.91 Å². The fourth-order valence-corrected chi connectivity index (χ4v) is 4.23. The molecule has 1 amide bonds. The number of amides is 1. The van der Waals surface area contributed by atoms with Gasteiger partial charge in [0.1, 0.15) is 11.3 Å². The number of carbonyl (C=O) groups excluding carboxylic acids is 1. The largest absolute Gasteiger partial charge is 0.337 e. The van der Waals surface area contributed by atoms with Crippen LogP contribution in [-0.4, -0.2) is 32.4 Å². The number of hydrogen-bond acceptors (Lipinski definition) is 3. The molecule has 0 N–H and O–H groups in total. The molecule has 0 radical (unpaired) electrons. The first-order valence-corrected chi connectivity index (χ1v) is 10.3. The first-order valence-electron chi connectivity index (χ1n) is 9.50. The fraction of sp³-hybridized carbons (Fsp3) is 0.381. The Morgan fingerprint density at radius 2 is 2.00 bits per heavy atom. The van der Waals surface area contributed by atoms with Crippen LogP contribution < -0.4 is 0 Å². The van der Waals surface area contributed by atoms with E-state index in [4.69, 9.17) is 33.2 Å². The van der Waals surface area contributed by atoms with Crippen LogP contribution in [0, 0.1) is 6.92 Å². The zero-order valence-corrected chi connectivity index (χ0v) is 17.5. The highest BCUT2D eigenvalue weighted by Crippen LogP contribution is 2.26. The molecule has 2 aromatic heterocycles. The molecule has 0 aliphatic carbocycles. The van der Waals surface area contributed by atoms with E-state index in [9.17, 15) is 4.79 Å². The molecule has 1 aromatic carbocycles. The number of nitrogens with zero attached hydrogens (tertiary/aromatic N) is 4. The zero-order chi connectivity index (χ0) is 19.8. The Bertz CT molecular complexity index is 1060. The van der Waals surface area contributed by atoms with E-state index in [1.165, 1.54) is 6.42 Å². The second kappa shape index (κ2) is 7.72. The maximum Gasteiger partial charge on any atom is 0.256 e. The summed E-state index contributed by atoms with van der Waals surface area (Å²) in [6, 6.07) is 7.15. The third-order valence-electron chi connectivity index (χ3n) is 5.19. The summed E-state index contributed by atoms with van der Waals surface area (Å²) < 4.78 is 2.18. The van der Waals surface area contributed by atoms with Gasteiger partial charge in [-0.3, -0.25) is 4.79 Å². The average Bonchev–Trinajstić information content (AvgIpc) is 2.84. The molecule has 0 saturated heterocycles. The van der Waals surface area contributed by atoms with E-state index in [0.29, 0.717) is 27.7 Å². The number of aryl methyl sites for hydroxylation is 3. The van der Waals surface area contributed by atoms with E-state index >= 15 is 0 Å². The van der Waals surface area contributed by atoms with Crippen molar-refractivity contribution in [3.05, 3.63) is 57.0 Å². The van der Waals surface area contributed by atoms with Gasteiger partial charge >= 0.3 is 0 Å². The monoisotopic (exact) mass is 416 g/mol. The number of hydrogen-bond donors (Lipinski definition) is 0. The molecule has 0 unspecified atom stereocenters. The Kier molecular flexibility index (Phi) is 5.30. The van der Waals surface area contributed by atoms with Gasteiger partial charge < -0.3 is 9.47 Å². The highest BCUT2D eigenvalue weighted by atomic mass is 35.5. The van der Waals surface area contributed by atoms with Crippen molar-refractivity contribution in [2.24, 2.45) is 0 Å². The first-order chi connectivity index (χ1) is 13.4. The lowest BCUT2D eigenvalue weighted by molar-refractivity contribution is 0.0786. The quantitative estimate of drug-likeness (QED) is 0.600. The van der Waals surface area contributed by atoms with Gasteiger partial charge in [-0.15, -0.1) is 0 Å². The summed E-state index contributed by atoms with van der Waals surface area (Å²) >= 11 is 12.3. The first kappa shape index (κ1) is 19.2. The van der Waals surface area contributed by atoms with Crippen molar-refractivity contribution >= 4 is 40.3 Å². The van der Waals surface area contributed by atoms with Gasteiger partial charge in [0.05, 0.1) is 5.56 Å². The highest BCUT2D eigenvalue weighted by Gasteiger charge is 2.23. The summed E-state index contributed by atoms with van der Waals surface area (Å²) in [7, 11) is 1.77. The van der Waals surface area contributed by atoms with Crippen molar-refractivity contribution in [3.8, 4) is 0 Å². The van der Waals surface area contributed by atoms with Gasteiger partial charge in [-0.05, 0) is 43.5 Å². The molecule has 0 saturated carbocycles. The van der Waals surface area contributed by atoms with Crippen molar-refractivity contribution in [1.29, 1.82) is 0 Å². The summed E-state index contributed by atoms with van der Waals surface area (Å²) in [5, 5.41) is 1.13. The van der Waals surface area contributed by atoms with Crippen LogP contribution in [0.25, 0.3) is 11.2 Å². The molecule has 4 rings (SSSR count). The van der Waals surface area contributed by atoms with Crippen molar-refractivity contribution in [2.45, 2.75) is 45.7 Å². The molecular formula is C21H22Cl2N4O. The van der Waals surface area contributed by atoms with E-state index in [1.54, 1.807) is 24.1 Å².